The predicted octanol–water partition coefficient (Wildman–Crippen LogP) is 8.89. The van der Waals surface area contributed by atoms with E-state index < -0.39 is 15.7 Å². The number of anilines is 1. The SMILES string of the molecule is CC(C)(C)[Si](Cl)(c1ccccc1)c1ccccc1.CC(C)(C)[Si](OCc1cccc(Br)c1N)(c1ccccc1)c1ccccc1. The van der Waals surface area contributed by atoms with Gasteiger partial charge in [-0.1, -0.05) is 175 Å². The lowest BCUT2D eigenvalue weighted by atomic mass is 10.2. The maximum Gasteiger partial charge on any atom is 0.261 e. The molecule has 0 aromatic heterocycles. The number of rotatable bonds is 7. The summed E-state index contributed by atoms with van der Waals surface area (Å²) in [6.45, 7) is 14.1. The van der Waals surface area contributed by atoms with Crippen molar-refractivity contribution >= 4 is 69.1 Å². The first kappa shape index (κ1) is 34.9. The van der Waals surface area contributed by atoms with Crippen LogP contribution in [0, 0.1) is 0 Å². The average molecular weight is 715 g/mol. The molecule has 0 saturated carbocycles. The minimum Gasteiger partial charge on any atom is -0.403 e. The van der Waals surface area contributed by atoms with Gasteiger partial charge in [-0.25, -0.2) is 0 Å². The standard InChI is InChI=1S/C23H26BrNOSi.C16H19ClSi/c1-23(2,3)27(19-12-6-4-7-13-19,20-14-8-5-9-15-20)26-17-18-11-10-16-21(24)22(18)25;1-16(2,3)18(17,14-10-6-4-7-11-14)15-12-8-5-9-13-15/h4-16H,17,25H2,1-3H3;4-13H,1-3H3. The van der Waals surface area contributed by atoms with E-state index >= 15 is 0 Å². The fraction of sp³-hybridized carbons (Fsp3) is 0.231. The summed E-state index contributed by atoms with van der Waals surface area (Å²) in [5.41, 5.74) is 8.04. The summed E-state index contributed by atoms with van der Waals surface area (Å²) in [5.74, 6) is 0. The van der Waals surface area contributed by atoms with Crippen LogP contribution in [0.1, 0.15) is 47.1 Å². The predicted molar refractivity (Wildman–Crippen MR) is 204 cm³/mol. The minimum absolute atomic E-state index is 0.0452. The van der Waals surface area contributed by atoms with Gasteiger partial charge in [0.2, 0.25) is 7.38 Å². The van der Waals surface area contributed by atoms with Crippen LogP contribution in [-0.2, 0) is 11.0 Å². The molecule has 0 aliphatic heterocycles. The highest BCUT2D eigenvalue weighted by molar-refractivity contribution is 9.10. The third-order valence-electron chi connectivity index (χ3n) is 8.38. The van der Waals surface area contributed by atoms with E-state index in [0.717, 1.165) is 15.7 Å². The van der Waals surface area contributed by atoms with Crippen LogP contribution in [0.25, 0.3) is 0 Å². The molecule has 0 bridgehead atoms. The van der Waals surface area contributed by atoms with Crippen molar-refractivity contribution in [3.63, 3.8) is 0 Å². The van der Waals surface area contributed by atoms with Gasteiger partial charge in [-0.2, -0.15) is 11.1 Å². The second-order valence-corrected chi connectivity index (χ2v) is 24.2. The highest BCUT2D eigenvalue weighted by atomic mass is 79.9. The van der Waals surface area contributed by atoms with Crippen LogP contribution in [0.4, 0.5) is 5.69 Å². The van der Waals surface area contributed by atoms with Crippen LogP contribution in [0.5, 0.6) is 0 Å². The van der Waals surface area contributed by atoms with Gasteiger partial charge in [0, 0.05) is 10.0 Å². The molecular formula is C39H45BrClNOSi2. The molecule has 2 nitrogen and oxygen atoms in total. The topological polar surface area (TPSA) is 35.2 Å². The first-order valence-electron chi connectivity index (χ1n) is 15.4. The minimum atomic E-state index is -2.54. The molecule has 0 radical (unpaired) electrons. The molecule has 0 heterocycles. The van der Waals surface area contributed by atoms with Gasteiger partial charge in [0.15, 0.2) is 0 Å². The van der Waals surface area contributed by atoms with Gasteiger partial charge < -0.3 is 10.2 Å². The van der Waals surface area contributed by atoms with Crippen LogP contribution in [0.3, 0.4) is 0 Å². The average Bonchev–Trinajstić information content (AvgIpc) is 3.04. The van der Waals surface area contributed by atoms with Crippen molar-refractivity contribution < 1.29 is 4.43 Å². The number of nitrogens with two attached hydrogens (primary N) is 1. The number of halogens is 2. The van der Waals surface area contributed by atoms with Gasteiger partial charge >= 0.3 is 0 Å². The Bertz CT molecular complexity index is 1560. The zero-order chi connectivity index (χ0) is 32.7. The monoisotopic (exact) mass is 713 g/mol. The van der Waals surface area contributed by atoms with Crippen LogP contribution in [0.2, 0.25) is 10.1 Å². The maximum absolute atomic E-state index is 7.21. The molecule has 0 aliphatic rings. The van der Waals surface area contributed by atoms with E-state index in [9.17, 15) is 0 Å². The Balaban J connectivity index is 0.000000222. The smallest absolute Gasteiger partial charge is 0.261 e. The Morgan fingerprint density at radius 1 is 0.556 bits per heavy atom. The van der Waals surface area contributed by atoms with Crippen molar-refractivity contribution in [3.05, 3.63) is 150 Å². The molecule has 2 N–H and O–H groups in total. The highest BCUT2D eigenvalue weighted by Gasteiger charge is 2.50. The molecule has 0 aliphatic carbocycles. The van der Waals surface area contributed by atoms with Crippen molar-refractivity contribution in [1.29, 1.82) is 0 Å². The summed E-state index contributed by atoms with van der Waals surface area (Å²) in [5, 5.41) is 5.14. The van der Waals surface area contributed by atoms with E-state index in [1.807, 2.05) is 30.3 Å². The van der Waals surface area contributed by atoms with Crippen molar-refractivity contribution in [2.75, 3.05) is 5.73 Å². The molecule has 0 fully saturated rings. The normalized spacial score (nSPS) is 12.3. The van der Waals surface area contributed by atoms with E-state index in [0.29, 0.717) is 6.61 Å². The molecule has 0 saturated heterocycles. The van der Waals surface area contributed by atoms with Crippen LogP contribution >= 0.6 is 27.0 Å². The molecule has 0 unspecified atom stereocenters. The lowest BCUT2D eigenvalue weighted by Crippen LogP contribution is -2.66. The number of hydrogen-bond donors (Lipinski definition) is 1. The lowest BCUT2D eigenvalue weighted by Gasteiger charge is -2.43. The molecule has 45 heavy (non-hydrogen) atoms. The summed E-state index contributed by atoms with van der Waals surface area (Å²) in [6, 6.07) is 48.4. The fourth-order valence-corrected chi connectivity index (χ4v) is 15.1. The first-order chi connectivity index (χ1) is 21.3. The third-order valence-corrected chi connectivity index (χ3v) is 21.4. The summed E-state index contributed by atoms with van der Waals surface area (Å²) in [4.78, 5) is 0. The zero-order valence-electron chi connectivity index (χ0n) is 27.2. The second-order valence-electron chi connectivity index (χ2n) is 13.4. The van der Waals surface area contributed by atoms with E-state index in [1.54, 1.807) is 0 Å². The Hall–Kier alpha value is -2.94. The second kappa shape index (κ2) is 14.7. The van der Waals surface area contributed by atoms with Gasteiger partial charge in [0.1, 0.15) is 0 Å². The maximum atomic E-state index is 7.21. The van der Waals surface area contributed by atoms with Gasteiger partial charge in [0.25, 0.3) is 8.32 Å². The lowest BCUT2D eigenvalue weighted by molar-refractivity contribution is 0.287. The molecule has 5 rings (SSSR count). The Morgan fingerprint density at radius 2 is 0.933 bits per heavy atom. The van der Waals surface area contributed by atoms with Gasteiger partial charge in [-0.3, -0.25) is 0 Å². The van der Waals surface area contributed by atoms with Gasteiger partial charge in [-0.05, 0) is 52.8 Å². The van der Waals surface area contributed by atoms with Crippen LogP contribution in [-0.4, -0.2) is 15.7 Å². The molecule has 0 spiro atoms. The Kier molecular flexibility index (Phi) is 11.4. The molecule has 0 amide bonds. The molecule has 6 heteroatoms. The van der Waals surface area contributed by atoms with E-state index in [-0.39, 0.29) is 10.1 Å². The third kappa shape index (κ3) is 7.56. The first-order valence-corrected chi connectivity index (χ1v) is 21.1. The largest absolute Gasteiger partial charge is 0.403 e. The molecule has 5 aromatic carbocycles. The van der Waals surface area contributed by atoms with Crippen molar-refractivity contribution in [1.82, 2.24) is 0 Å². The number of benzene rings is 5. The van der Waals surface area contributed by atoms with E-state index in [1.165, 1.54) is 20.7 Å². The van der Waals surface area contributed by atoms with Crippen molar-refractivity contribution in [2.45, 2.75) is 58.2 Å². The van der Waals surface area contributed by atoms with Gasteiger partial charge in [0.05, 0.1) is 12.3 Å². The quantitative estimate of drug-likeness (QED) is 0.104. The Labute approximate surface area is 285 Å². The van der Waals surface area contributed by atoms with E-state index in [2.05, 4.69) is 167 Å². The summed E-state index contributed by atoms with van der Waals surface area (Å²) in [7, 11) is -4.77. The zero-order valence-corrected chi connectivity index (χ0v) is 31.6. The summed E-state index contributed by atoms with van der Waals surface area (Å²) in [6.07, 6.45) is 0. The molecule has 5 aromatic rings. The molecule has 234 valence electrons. The summed E-state index contributed by atoms with van der Waals surface area (Å²) < 4.78 is 7.83. The summed E-state index contributed by atoms with van der Waals surface area (Å²) >= 11 is 10.7. The van der Waals surface area contributed by atoms with Crippen LogP contribution < -0.4 is 26.5 Å². The van der Waals surface area contributed by atoms with Crippen LogP contribution in [0.15, 0.2) is 144 Å². The molecule has 0 atom stereocenters. The number of hydrogen-bond acceptors (Lipinski definition) is 2. The number of nitrogen functional groups attached to an aromatic ring is 1. The van der Waals surface area contributed by atoms with Crippen molar-refractivity contribution in [2.24, 2.45) is 0 Å². The Morgan fingerprint density at radius 3 is 1.29 bits per heavy atom. The van der Waals surface area contributed by atoms with E-state index in [4.69, 9.17) is 21.2 Å². The molecular weight excluding hydrogens is 670 g/mol. The highest BCUT2D eigenvalue weighted by Crippen LogP contribution is 2.39. The number of para-hydroxylation sites is 1. The van der Waals surface area contributed by atoms with Gasteiger partial charge in [-0.15, -0.1) is 0 Å². The van der Waals surface area contributed by atoms with Crippen molar-refractivity contribution in [3.8, 4) is 0 Å². The fourth-order valence-electron chi connectivity index (χ4n) is 6.02.